The van der Waals surface area contributed by atoms with Crippen LogP contribution >= 0.6 is 12.4 Å². The van der Waals surface area contributed by atoms with Gasteiger partial charge in [-0.3, -0.25) is 9.48 Å². The standard InChI is InChI=1S/C13H23N5O3S.ClH/c1-10(14)12-5-3-4-6-18(12)13(19)8-16-22(20,21)11-7-15-17(2)9-11;/h7,9-10,12,16H,3-6,8,14H2,1-2H3;1H. The molecule has 1 saturated heterocycles. The molecule has 2 atom stereocenters. The van der Waals surface area contributed by atoms with Crippen molar-refractivity contribution in [3.8, 4) is 0 Å². The lowest BCUT2D eigenvalue weighted by atomic mass is 9.97. The fourth-order valence-corrected chi connectivity index (χ4v) is 3.65. The number of aryl methyl sites for hydroxylation is 1. The first-order valence-corrected chi connectivity index (χ1v) is 8.83. The molecule has 0 saturated carbocycles. The van der Waals surface area contributed by atoms with Gasteiger partial charge < -0.3 is 10.6 Å². The maximum Gasteiger partial charge on any atom is 0.244 e. The fraction of sp³-hybridized carbons (Fsp3) is 0.692. The Morgan fingerprint density at radius 3 is 2.78 bits per heavy atom. The van der Waals surface area contributed by atoms with E-state index in [0.717, 1.165) is 19.3 Å². The first kappa shape index (κ1) is 19.9. The van der Waals surface area contributed by atoms with Crippen LogP contribution in [0.15, 0.2) is 17.3 Å². The number of carbonyl (C=O) groups is 1. The fourth-order valence-electron chi connectivity index (χ4n) is 2.69. The number of nitrogens with one attached hydrogen (secondary N) is 1. The summed E-state index contributed by atoms with van der Waals surface area (Å²) in [5.41, 5.74) is 5.93. The second-order valence-electron chi connectivity index (χ2n) is 5.68. The molecule has 0 radical (unpaired) electrons. The highest BCUT2D eigenvalue weighted by Gasteiger charge is 2.29. The van der Waals surface area contributed by atoms with Crippen LogP contribution in [-0.2, 0) is 21.9 Å². The summed E-state index contributed by atoms with van der Waals surface area (Å²) in [7, 11) is -2.09. The normalized spacial score (nSPS) is 20.0. The highest BCUT2D eigenvalue weighted by atomic mass is 35.5. The molecule has 3 N–H and O–H groups in total. The van der Waals surface area contributed by atoms with Gasteiger partial charge in [0, 0.05) is 31.9 Å². The number of piperidine rings is 1. The third-order valence-corrected chi connectivity index (χ3v) is 5.24. The molecule has 1 aliphatic rings. The van der Waals surface area contributed by atoms with E-state index in [-0.39, 0.29) is 41.8 Å². The number of sulfonamides is 1. The summed E-state index contributed by atoms with van der Waals surface area (Å²) in [4.78, 5) is 14.1. The average Bonchev–Trinajstić information content (AvgIpc) is 2.92. The Hall–Kier alpha value is -1.16. The first-order valence-electron chi connectivity index (χ1n) is 7.34. The van der Waals surface area contributed by atoms with Gasteiger partial charge in [0.2, 0.25) is 15.9 Å². The molecule has 2 heterocycles. The average molecular weight is 366 g/mol. The summed E-state index contributed by atoms with van der Waals surface area (Å²) in [6, 6.07) is -0.150. The molecule has 1 aromatic rings. The van der Waals surface area contributed by atoms with Crippen LogP contribution in [0.2, 0.25) is 0 Å². The Labute approximate surface area is 142 Å². The second kappa shape index (κ2) is 8.09. The Morgan fingerprint density at radius 2 is 2.22 bits per heavy atom. The van der Waals surface area contributed by atoms with E-state index in [9.17, 15) is 13.2 Å². The van der Waals surface area contributed by atoms with Gasteiger partial charge in [0.05, 0.1) is 12.7 Å². The van der Waals surface area contributed by atoms with Crippen LogP contribution in [0, 0.1) is 0 Å². The molecule has 0 bridgehead atoms. The van der Waals surface area contributed by atoms with Crippen molar-refractivity contribution in [3.63, 3.8) is 0 Å². The van der Waals surface area contributed by atoms with E-state index in [0.29, 0.717) is 6.54 Å². The predicted molar refractivity (Wildman–Crippen MR) is 88.6 cm³/mol. The third-order valence-electron chi connectivity index (χ3n) is 3.88. The molecule has 0 aromatic carbocycles. The highest BCUT2D eigenvalue weighted by Crippen LogP contribution is 2.19. The van der Waals surface area contributed by atoms with E-state index in [1.165, 1.54) is 17.1 Å². The minimum atomic E-state index is -3.72. The number of nitrogens with zero attached hydrogens (tertiary/aromatic N) is 3. The van der Waals surface area contributed by atoms with E-state index in [1.54, 1.807) is 11.9 Å². The smallest absolute Gasteiger partial charge is 0.244 e. The Kier molecular flexibility index (Phi) is 7.00. The number of likely N-dealkylation sites (tertiary alicyclic amines) is 1. The summed E-state index contributed by atoms with van der Waals surface area (Å²) in [5.74, 6) is -0.241. The molecule has 10 heteroatoms. The zero-order chi connectivity index (χ0) is 16.3. The van der Waals surface area contributed by atoms with Gasteiger partial charge in [-0.05, 0) is 26.2 Å². The van der Waals surface area contributed by atoms with E-state index in [4.69, 9.17) is 5.73 Å². The minimum absolute atomic E-state index is 0. The Morgan fingerprint density at radius 1 is 1.52 bits per heavy atom. The summed E-state index contributed by atoms with van der Waals surface area (Å²) < 4.78 is 27.9. The minimum Gasteiger partial charge on any atom is -0.337 e. The number of hydrogen-bond acceptors (Lipinski definition) is 5. The van der Waals surface area contributed by atoms with Crippen LogP contribution in [0.5, 0.6) is 0 Å². The molecule has 1 fully saturated rings. The van der Waals surface area contributed by atoms with Gasteiger partial charge in [0.1, 0.15) is 4.90 Å². The van der Waals surface area contributed by atoms with E-state index in [1.807, 2.05) is 6.92 Å². The summed E-state index contributed by atoms with van der Waals surface area (Å²) in [6.07, 6.45) is 5.46. The molecule has 2 unspecified atom stereocenters. The zero-order valence-corrected chi connectivity index (χ0v) is 14.9. The maximum atomic E-state index is 12.3. The quantitative estimate of drug-likeness (QED) is 0.753. The number of amides is 1. The molecule has 0 aliphatic carbocycles. The molecule has 1 aliphatic heterocycles. The van der Waals surface area contributed by atoms with Crippen molar-refractivity contribution in [2.45, 2.75) is 43.2 Å². The van der Waals surface area contributed by atoms with Crippen LogP contribution in [0.3, 0.4) is 0 Å². The SMILES string of the molecule is CC(N)C1CCCCN1C(=O)CNS(=O)(=O)c1cnn(C)c1.Cl. The van der Waals surface area contributed by atoms with Gasteiger partial charge in [-0.25, -0.2) is 13.1 Å². The topological polar surface area (TPSA) is 110 Å². The number of carbonyl (C=O) groups excluding carboxylic acids is 1. The van der Waals surface area contributed by atoms with Gasteiger partial charge in [0.25, 0.3) is 0 Å². The number of hydrogen-bond donors (Lipinski definition) is 2. The van der Waals surface area contributed by atoms with Crippen molar-refractivity contribution in [2.75, 3.05) is 13.1 Å². The molecule has 0 spiro atoms. The van der Waals surface area contributed by atoms with Crippen LogP contribution < -0.4 is 10.5 Å². The number of rotatable bonds is 5. The number of halogens is 1. The number of aromatic nitrogens is 2. The van der Waals surface area contributed by atoms with Crippen LogP contribution in [0.4, 0.5) is 0 Å². The predicted octanol–water partition coefficient (Wildman–Crippen LogP) is -0.151. The molecule has 1 aromatic heterocycles. The maximum absolute atomic E-state index is 12.3. The van der Waals surface area contributed by atoms with E-state index >= 15 is 0 Å². The van der Waals surface area contributed by atoms with Gasteiger partial charge >= 0.3 is 0 Å². The molecule has 23 heavy (non-hydrogen) atoms. The molecular formula is C13H24ClN5O3S. The van der Waals surface area contributed by atoms with Crippen molar-refractivity contribution in [3.05, 3.63) is 12.4 Å². The summed E-state index contributed by atoms with van der Waals surface area (Å²) >= 11 is 0. The molecular weight excluding hydrogens is 342 g/mol. The summed E-state index contributed by atoms with van der Waals surface area (Å²) in [5, 5.41) is 3.82. The van der Waals surface area contributed by atoms with E-state index in [2.05, 4.69) is 9.82 Å². The van der Waals surface area contributed by atoms with E-state index < -0.39 is 10.0 Å². The van der Waals surface area contributed by atoms with Gasteiger partial charge in [-0.2, -0.15) is 5.10 Å². The Balaban J connectivity index is 0.00000264. The van der Waals surface area contributed by atoms with Gasteiger partial charge in [-0.15, -0.1) is 12.4 Å². The van der Waals surface area contributed by atoms with Crippen molar-refractivity contribution >= 4 is 28.3 Å². The van der Waals surface area contributed by atoms with Crippen LogP contribution in [0.25, 0.3) is 0 Å². The first-order chi connectivity index (χ1) is 10.3. The van der Waals surface area contributed by atoms with Crippen LogP contribution in [-0.4, -0.2) is 54.2 Å². The largest absolute Gasteiger partial charge is 0.337 e. The highest BCUT2D eigenvalue weighted by molar-refractivity contribution is 7.89. The monoisotopic (exact) mass is 365 g/mol. The van der Waals surface area contributed by atoms with Gasteiger partial charge in [-0.1, -0.05) is 0 Å². The Bertz CT molecular complexity index is 631. The lowest BCUT2D eigenvalue weighted by Gasteiger charge is -2.38. The van der Waals surface area contributed by atoms with Crippen molar-refractivity contribution in [1.82, 2.24) is 19.4 Å². The third kappa shape index (κ3) is 4.90. The van der Waals surface area contributed by atoms with Crippen molar-refractivity contribution in [2.24, 2.45) is 12.8 Å². The van der Waals surface area contributed by atoms with Crippen molar-refractivity contribution in [1.29, 1.82) is 0 Å². The molecule has 132 valence electrons. The molecule has 8 nitrogen and oxygen atoms in total. The second-order valence-corrected chi connectivity index (χ2v) is 7.45. The van der Waals surface area contributed by atoms with Crippen molar-refractivity contribution < 1.29 is 13.2 Å². The lowest BCUT2D eigenvalue weighted by Crippen LogP contribution is -2.54. The van der Waals surface area contributed by atoms with Crippen LogP contribution in [0.1, 0.15) is 26.2 Å². The summed E-state index contributed by atoms with van der Waals surface area (Å²) in [6.45, 7) is 2.23. The lowest BCUT2D eigenvalue weighted by molar-refractivity contribution is -0.134. The molecule has 1 amide bonds. The molecule has 2 rings (SSSR count). The van der Waals surface area contributed by atoms with Gasteiger partial charge in [0.15, 0.2) is 0 Å². The zero-order valence-electron chi connectivity index (χ0n) is 13.3. The number of nitrogens with two attached hydrogens (primary N) is 1.